The van der Waals surface area contributed by atoms with Crippen LogP contribution in [-0.4, -0.2) is 37.0 Å². The molecule has 1 fully saturated rings. The van der Waals surface area contributed by atoms with Crippen molar-refractivity contribution in [2.45, 2.75) is 32.1 Å². The molecule has 0 saturated carbocycles. The SMILES string of the molecule is O=C(CCN1CCC(Cc2ccccc2)CC1)NCCc1ccccc1. The lowest BCUT2D eigenvalue weighted by molar-refractivity contribution is -0.121. The maximum absolute atomic E-state index is 12.0. The molecule has 0 bridgehead atoms. The molecule has 0 spiro atoms. The van der Waals surface area contributed by atoms with E-state index in [0.717, 1.165) is 38.5 Å². The molecular weight excluding hydrogens is 320 g/mol. The molecule has 1 N–H and O–H groups in total. The fraction of sp³-hybridized carbons (Fsp3) is 0.435. The molecule has 2 aromatic carbocycles. The van der Waals surface area contributed by atoms with E-state index >= 15 is 0 Å². The van der Waals surface area contributed by atoms with Crippen LogP contribution in [-0.2, 0) is 17.6 Å². The average Bonchev–Trinajstić information content (AvgIpc) is 2.69. The van der Waals surface area contributed by atoms with Crippen LogP contribution in [0.1, 0.15) is 30.4 Å². The molecule has 1 heterocycles. The number of nitrogens with one attached hydrogen (secondary N) is 1. The van der Waals surface area contributed by atoms with Crippen LogP contribution in [0.25, 0.3) is 0 Å². The van der Waals surface area contributed by atoms with Crippen molar-refractivity contribution in [2.75, 3.05) is 26.2 Å². The van der Waals surface area contributed by atoms with Gasteiger partial charge in [0, 0.05) is 19.5 Å². The predicted octanol–water partition coefficient (Wildman–Crippen LogP) is 3.69. The standard InChI is InChI=1S/C23H30N2O/c26-23(24-15-11-20-7-3-1-4-8-20)14-18-25-16-12-22(13-17-25)19-21-9-5-2-6-10-21/h1-10,22H,11-19H2,(H,24,26). The van der Waals surface area contributed by atoms with Crippen molar-refractivity contribution in [3.63, 3.8) is 0 Å². The van der Waals surface area contributed by atoms with Crippen molar-refractivity contribution in [2.24, 2.45) is 5.92 Å². The minimum Gasteiger partial charge on any atom is -0.356 e. The molecular formula is C23H30N2O. The Morgan fingerprint density at radius 2 is 1.54 bits per heavy atom. The summed E-state index contributed by atoms with van der Waals surface area (Å²) in [5, 5.41) is 3.05. The van der Waals surface area contributed by atoms with Crippen LogP contribution in [0, 0.1) is 5.92 Å². The molecule has 3 heteroatoms. The van der Waals surface area contributed by atoms with Crippen LogP contribution in [0.4, 0.5) is 0 Å². The lowest BCUT2D eigenvalue weighted by Crippen LogP contribution is -2.37. The molecule has 138 valence electrons. The second-order valence-corrected chi connectivity index (χ2v) is 7.31. The molecule has 1 saturated heterocycles. The first-order valence-corrected chi connectivity index (χ1v) is 9.86. The number of hydrogen-bond donors (Lipinski definition) is 1. The Hall–Kier alpha value is -2.13. The maximum atomic E-state index is 12.0. The smallest absolute Gasteiger partial charge is 0.221 e. The van der Waals surface area contributed by atoms with E-state index in [1.54, 1.807) is 0 Å². The van der Waals surface area contributed by atoms with Gasteiger partial charge >= 0.3 is 0 Å². The first-order chi connectivity index (χ1) is 12.8. The Bertz CT molecular complexity index is 648. The van der Waals surface area contributed by atoms with Crippen LogP contribution in [0.2, 0.25) is 0 Å². The Kier molecular flexibility index (Phi) is 7.26. The van der Waals surface area contributed by atoms with Gasteiger partial charge in [-0.2, -0.15) is 0 Å². The summed E-state index contributed by atoms with van der Waals surface area (Å²) >= 11 is 0. The minimum absolute atomic E-state index is 0.173. The highest BCUT2D eigenvalue weighted by atomic mass is 16.1. The van der Waals surface area contributed by atoms with Gasteiger partial charge in [-0.1, -0.05) is 60.7 Å². The number of carbonyl (C=O) groups excluding carboxylic acids is 1. The van der Waals surface area contributed by atoms with Crippen molar-refractivity contribution >= 4 is 5.91 Å². The van der Waals surface area contributed by atoms with Gasteiger partial charge in [-0.3, -0.25) is 4.79 Å². The van der Waals surface area contributed by atoms with Gasteiger partial charge < -0.3 is 10.2 Å². The van der Waals surface area contributed by atoms with Crippen LogP contribution < -0.4 is 5.32 Å². The number of carbonyl (C=O) groups is 1. The molecule has 1 amide bonds. The van der Waals surface area contributed by atoms with Crippen molar-refractivity contribution < 1.29 is 4.79 Å². The Balaban J connectivity index is 1.28. The highest BCUT2D eigenvalue weighted by molar-refractivity contribution is 5.76. The van der Waals surface area contributed by atoms with Crippen molar-refractivity contribution in [1.29, 1.82) is 0 Å². The number of benzene rings is 2. The summed E-state index contributed by atoms with van der Waals surface area (Å²) in [6.07, 6.45) is 5.18. The van der Waals surface area contributed by atoms with Gasteiger partial charge in [-0.05, 0) is 55.8 Å². The Labute approximate surface area is 157 Å². The fourth-order valence-corrected chi connectivity index (χ4v) is 3.70. The number of piperidine rings is 1. The number of nitrogens with zero attached hydrogens (tertiary/aromatic N) is 1. The van der Waals surface area contributed by atoms with Crippen LogP contribution in [0.3, 0.4) is 0 Å². The molecule has 2 aromatic rings. The monoisotopic (exact) mass is 350 g/mol. The van der Waals surface area contributed by atoms with Gasteiger partial charge in [-0.15, -0.1) is 0 Å². The van der Waals surface area contributed by atoms with E-state index < -0.39 is 0 Å². The third-order valence-corrected chi connectivity index (χ3v) is 5.31. The highest BCUT2D eigenvalue weighted by Gasteiger charge is 2.19. The summed E-state index contributed by atoms with van der Waals surface area (Å²) in [7, 11) is 0. The van der Waals surface area contributed by atoms with Gasteiger partial charge in [0.2, 0.25) is 5.91 Å². The van der Waals surface area contributed by atoms with Crippen LogP contribution in [0.5, 0.6) is 0 Å². The number of likely N-dealkylation sites (tertiary alicyclic amines) is 1. The lowest BCUT2D eigenvalue weighted by Gasteiger charge is -2.31. The number of amides is 1. The second kappa shape index (κ2) is 10.1. The zero-order chi connectivity index (χ0) is 18.0. The number of rotatable bonds is 8. The van der Waals surface area contributed by atoms with E-state index in [-0.39, 0.29) is 5.91 Å². The molecule has 1 aliphatic heterocycles. The van der Waals surface area contributed by atoms with Gasteiger partial charge in [0.1, 0.15) is 0 Å². The van der Waals surface area contributed by atoms with Crippen LogP contribution >= 0.6 is 0 Å². The maximum Gasteiger partial charge on any atom is 0.221 e. The molecule has 0 radical (unpaired) electrons. The van der Waals surface area contributed by atoms with Gasteiger partial charge in [0.15, 0.2) is 0 Å². The molecule has 0 atom stereocenters. The van der Waals surface area contributed by atoms with E-state index in [4.69, 9.17) is 0 Å². The molecule has 0 unspecified atom stereocenters. The van der Waals surface area contributed by atoms with E-state index in [0.29, 0.717) is 6.42 Å². The third-order valence-electron chi connectivity index (χ3n) is 5.31. The average molecular weight is 351 g/mol. The molecule has 3 nitrogen and oxygen atoms in total. The second-order valence-electron chi connectivity index (χ2n) is 7.31. The summed E-state index contributed by atoms with van der Waals surface area (Å²) in [6.45, 7) is 3.85. The Morgan fingerprint density at radius 1 is 0.923 bits per heavy atom. The first-order valence-electron chi connectivity index (χ1n) is 9.86. The van der Waals surface area contributed by atoms with E-state index in [1.807, 2.05) is 18.2 Å². The van der Waals surface area contributed by atoms with Crippen molar-refractivity contribution in [3.8, 4) is 0 Å². The van der Waals surface area contributed by atoms with Gasteiger partial charge in [0.05, 0.1) is 0 Å². The first kappa shape index (κ1) is 18.7. The van der Waals surface area contributed by atoms with Crippen molar-refractivity contribution in [1.82, 2.24) is 10.2 Å². The van der Waals surface area contributed by atoms with E-state index in [1.165, 1.54) is 30.4 Å². The molecule has 3 rings (SSSR count). The number of hydrogen-bond acceptors (Lipinski definition) is 2. The van der Waals surface area contributed by atoms with E-state index in [9.17, 15) is 4.79 Å². The minimum atomic E-state index is 0.173. The largest absolute Gasteiger partial charge is 0.356 e. The molecule has 1 aliphatic rings. The highest BCUT2D eigenvalue weighted by Crippen LogP contribution is 2.21. The summed E-state index contributed by atoms with van der Waals surface area (Å²) < 4.78 is 0. The van der Waals surface area contributed by atoms with E-state index in [2.05, 4.69) is 52.7 Å². The van der Waals surface area contributed by atoms with Gasteiger partial charge in [0.25, 0.3) is 0 Å². The zero-order valence-corrected chi connectivity index (χ0v) is 15.6. The quantitative estimate of drug-likeness (QED) is 0.787. The summed E-state index contributed by atoms with van der Waals surface area (Å²) in [5.74, 6) is 0.959. The van der Waals surface area contributed by atoms with Crippen LogP contribution in [0.15, 0.2) is 60.7 Å². The fourth-order valence-electron chi connectivity index (χ4n) is 3.70. The Morgan fingerprint density at radius 3 is 2.19 bits per heavy atom. The summed E-state index contributed by atoms with van der Waals surface area (Å²) in [6, 6.07) is 21.1. The molecule has 0 aromatic heterocycles. The summed E-state index contributed by atoms with van der Waals surface area (Å²) in [4.78, 5) is 14.5. The summed E-state index contributed by atoms with van der Waals surface area (Å²) in [5.41, 5.74) is 2.72. The van der Waals surface area contributed by atoms with Crippen molar-refractivity contribution in [3.05, 3.63) is 71.8 Å². The lowest BCUT2D eigenvalue weighted by atomic mass is 9.90. The molecule has 0 aliphatic carbocycles. The third kappa shape index (κ3) is 6.30. The molecule has 26 heavy (non-hydrogen) atoms. The zero-order valence-electron chi connectivity index (χ0n) is 15.6. The van der Waals surface area contributed by atoms with Gasteiger partial charge in [-0.25, -0.2) is 0 Å². The normalized spacial score (nSPS) is 15.7. The predicted molar refractivity (Wildman–Crippen MR) is 107 cm³/mol. The topological polar surface area (TPSA) is 32.3 Å².